The molecule has 2 heteroatoms. The minimum Gasteiger partial charge on any atom is -0.340 e. The van der Waals surface area contributed by atoms with Gasteiger partial charge in [-0.3, -0.25) is 4.79 Å². The summed E-state index contributed by atoms with van der Waals surface area (Å²) >= 11 is 0. The summed E-state index contributed by atoms with van der Waals surface area (Å²) in [5.41, 5.74) is 0. The fourth-order valence-electron chi connectivity index (χ4n) is 1.92. The predicted octanol–water partition coefficient (Wildman–Crippen LogP) is 1.82. The van der Waals surface area contributed by atoms with E-state index in [1.807, 2.05) is 11.8 Å². The Bertz CT molecular complexity index is 198. The second-order valence-electron chi connectivity index (χ2n) is 3.54. The Balaban J connectivity index is 2.56. The summed E-state index contributed by atoms with van der Waals surface area (Å²) in [6, 6.07) is 0.420. The van der Waals surface area contributed by atoms with E-state index in [4.69, 9.17) is 0 Å². The van der Waals surface area contributed by atoms with Gasteiger partial charge in [-0.1, -0.05) is 12.2 Å². The van der Waals surface area contributed by atoms with Crippen molar-refractivity contribution in [3.05, 3.63) is 12.2 Å². The van der Waals surface area contributed by atoms with E-state index in [2.05, 4.69) is 19.1 Å². The van der Waals surface area contributed by atoms with Gasteiger partial charge in [-0.25, -0.2) is 0 Å². The third-order valence-electron chi connectivity index (χ3n) is 2.48. The number of hydrogen-bond donors (Lipinski definition) is 0. The lowest BCUT2D eigenvalue weighted by Crippen LogP contribution is -2.31. The molecule has 2 atom stereocenters. The van der Waals surface area contributed by atoms with Gasteiger partial charge in [0.2, 0.25) is 5.91 Å². The van der Waals surface area contributed by atoms with Crippen molar-refractivity contribution in [3.8, 4) is 0 Å². The Kier molecular flexibility index (Phi) is 2.90. The standard InChI is InChI=1S/C10H17NO/c1-4-5-10-6-8(2)11(7-10)9(3)12/h4-5,8,10H,6-7H2,1-3H3/b5-4+. The normalized spacial score (nSPS) is 30.1. The Morgan fingerprint density at radius 3 is 2.67 bits per heavy atom. The number of rotatable bonds is 1. The number of hydrogen-bond acceptors (Lipinski definition) is 1. The van der Waals surface area contributed by atoms with Crippen LogP contribution in [0.1, 0.15) is 27.2 Å². The van der Waals surface area contributed by atoms with Crippen LogP contribution in [0.15, 0.2) is 12.2 Å². The molecule has 0 radical (unpaired) electrons. The van der Waals surface area contributed by atoms with Crippen molar-refractivity contribution in [2.45, 2.75) is 33.2 Å². The molecule has 2 unspecified atom stereocenters. The zero-order valence-electron chi connectivity index (χ0n) is 8.08. The Hall–Kier alpha value is -0.790. The first-order chi connectivity index (χ1) is 5.65. The molecular formula is C10H17NO. The van der Waals surface area contributed by atoms with Crippen LogP contribution in [0, 0.1) is 5.92 Å². The molecular weight excluding hydrogens is 150 g/mol. The molecule has 0 saturated carbocycles. The van der Waals surface area contributed by atoms with E-state index >= 15 is 0 Å². The molecule has 0 aromatic carbocycles. The van der Waals surface area contributed by atoms with E-state index < -0.39 is 0 Å². The van der Waals surface area contributed by atoms with Gasteiger partial charge in [0.1, 0.15) is 0 Å². The van der Waals surface area contributed by atoms with E-state index in [1.165, 1.54) is 0 Å². The maximum atomic E-state index is 11.1. The second-order valence-corrected chi connectivity index (χ2v) is 3.54. The zero-order chi connectivity index (χ0) is 9.14. The van der Waals surface area contributed by atoms with E-state index in [1.54, 1.807) is 6.92 Å². The van der Waals surface area contributed by atoms with Crippen molar-refractivity contribution in [1.82, 2.24) is 4.90 Å². The average molecular weight is 167 g/mol. The van der Waals surface area contributed by atoms with Crippen molar-refractivity contribution in [2.24, 2.45) is 5.92 Å². The fourth-order valence-corrected chi connectivity index (χ4v) is 1.92. The summed E-state index contributed by atoms with van der Waals surface area (Å²) in [5.74, 6) is 0.781. The Morgan fingerprint density at radius 1 is 1.58 bits per heavy atom. The number of nitrogens with zero attached hydrogens (tertiary/aromatic N) is 1. The molecule has 1 aliphatic heterocycles. The van der Waals surface area contributed by atoms with Crippen LogP contribution in [-0.4, -0.2) is 23.4 Å². The van der Waals surface area contributed by atoms with Crippen molar-refractivity contribution in [1.29, 1.82) is 0 Å². The van der Waals surface area contributed by atoms with Crippen LogP contribution in [0.4, 0.5) is 0 Å². The van der Waals surface area contributed by atoms with Crippen LogP contribution in [0.2, 0.25) is 0 Å². The van der Waals surface area contributed by atoms with Gasteiger partial charge in [-0.2, -0.15) is 0 Å². The summed E-state index contributed by atoms with van der Waals surface area (Å²) in [5, 5.41) is 0. The molecule has 1 rings (SSSR count). The summed E-state index contributed by atoms with van der Waals surface area (Å²) < 4.78 is 0. The van der Waals surface area contributed by atoms with E-state index in [9.17, 15) is 4.79 Å². The third-order valence-corrected chi connectivity index (χ3v) is 2.48. The third kappa shape index (κ3) is 1.87. The summed E-state index contributed by atoms with van der Waals surface area (Å²) in [7, 11) is 0. The topological polar surface area (TPSA) is 20.3 Å². The summed E-state index contributed by atoms with van der Waals surface area (Å²) in [6.45, 7) is 6.70. The average Bonchev–Trinajstić information content (AvgIpc) is 2.32. The first-order valence-corrected chi connectivity index (χ1v) is 4.55. The molecule has 1 heterocycles. The van der Waals surface area contributed by atoms with Crippen LogP contribution < -0.4 is 0 Å². The van der Waals surface area contributed by atoms with Gasteiger partial charge in [-0.15, -0.1) is 0 Å². The number of likely N-dealkylation sites (tertiary alicyclic amines) is 1. The highest BCUT2D eigenvalue weighted by molar-refractivity contribution is 5.73. The largest absolute Gasteiger partial charge is 0.340 e. The number of amides is 1. The SMILES string of the molecule is C/C=C/C1CC(C)N(C(C)=O)C1. The van der Waals surface area contributed by atoms with Gasteiger partial charge in [-0.05, 0) is 26.2 Å². The number of allylic oxidation sites excluding steroid dienone is 1. The van der Waals surface area contributed by atoms with Gasteiger partial charge < -0.3 is 4.90 Å². The molecule has 1 amide bonds. The van der Waals surface area contributed by atoms with E-state index in [0.29, 0.717) is 12.0 Å². The van der Waals surface area contributed by atoms with Crippen LogP contribution in [0.3, 0.4) is 0 Å². The molecule has 0 bridgehead atoms. The van der Waals surface area contributed by atoms with E-state index in [-0.39, 0.29) is 5.91 Å². The Morgan fingerprint density at radius 2 is 2.25 bits per heavy atom. The smallest absolute Gasteiger partial charge is 0.219 e. The van der Waals surface area contributed by atoms with Gasteiger partial charge >= 0.3 is 0 Å². The second kappa shape index (κ2) is 3.74. The minimum atomic E-state index is 0.203. The lowest BCUT2D eigenvalue weighted by Gasteiger charge is -2.18. The molecule has 0 aromatic rings. The summed E-state index contributed by atoms with van der Waals surface area (Å²) in [4.78, 5) is 13.1. The van der Waals surface area contributed by atoms with Crippen molar-refractivity contribution in [2.75, 3.05) is 6.54 Å². The van der Waals surface area contributed by atoms with Crippen molar-refractivity contribution in [3.63, 3.8) is 0 Å². The number of carbonyl (C=O) groups excluding carboxylic acids is 1. The fraction of sp³-hybridized carbons (Fsp3) is 0.700. The van der Waals surface area contributed by atoms with Crippen LogP contribution in [0.25, 0.3) is 0 Å². The zero-order valence-corrected chi connectivity index (χ0v) is 8.08. The van der Waals surface area contributed by atoms with Crippen LogP contribution in [0.5, 0.6) is 0 Å². The highest BCUT2D eigenvalue weighted by atomic mass is 16.2. The van der Waals surface area contributed by atoms with Crippen molar-refractivity contribution >= 4 is 5.91 Å². The minimum absolute atomic E-state index is 0.203. The molecule has 0 aliphatic carbocycles. The lowest BCUT2D eigenvalue weighted by molar-refractivity contribution is -0.129. The maximum absolute atomic E-state index is 11.1. The number of carbonyl (C=O) groups is 1. The first-order valence-electron chi connectivity index (χ1n) is 4.55. The molecule has 0 spiro atoms. The monoisotopic (exact) mass is 167 g/mol. The highest BCUT2D eigenvalue weighted by Gasteiger charge is 2.28. The quantitative estimate of drug-likeness (QED) is 0.545. The molecule has 0 aromatic heterocycles. The van der Waals surface area contributed by atoms with Crippen molar-refractivity contribution < 1.29 is 4.79 Å². The molecule has 68 valence electrons. The molecule has 0 N–H and O–H groups in total. The maximum Gasteiger partial charge on any atom is 0.219 e. The van der Waals surface area contributed by atoms with Gasteiger partial charge in [0.15, 0.2) is 0 Å². The molecule has 1 fully saturated rings. The van der Waals surface area contributed by atoms with Gasteiger partial charge in [0.05, 0.1) is 0 Å². The first kappa shape index (κ1) is 9.30. The summed E-state index contributed by atoms with van der Waals surface area (Å²) in [6.07, 6.45) is 5.38. The molecule has 1 aliphatic rings. The predicted molar refractivity (Wildman–Crippen MR) is 49.8 cm³/mol. The van der Waals surface area contributed by atoms with Gasteiger partial charge in [0.25, 0.3) is 0 Å². The van der Waals surface area contributed by atoms with E-state index in [0.717, 1.165) is 13.0 Å². The molecule has 12 heavy (non-hydrogen) atoms. The van der Waals surface area contributed by atoms with Gasteiger partial charge in [0, 0.05) is 19.5 Å². The lowest BCUT2D eigenvalue weighted by atomic mass is 10.1. The molecule has 1 saturated heterocycles. The van der Waals surface area contributed by atoms with Crippen LogP contribution >= 0.6 is 0 Å². The molecule has 2 nitrogen and oxygen atoms in total. The Labute approximate surface area is 74.2 Å². The highest BCUT2D eigenvalue weighted by Crippen LogP contribution is 2.23. The van der Waals surface area contributed by atoms with Crippen LogP contribution in [-0.2, 0) is 4.79 Å².